The van der Waals surface area contributed by atoms with Gasteiger partial charge in [-0.15, -0.1) is 0 Å². The SMILES string of the molecule is Bc1ccc([C@H]2N=C(c3ccccc3OC)N(C(=O)N3CCN(CCO)CC3)[C@H]2c2ccc(Br)cc2)cc1. The third-order valence-corrected chi connectivity index (χ3v) is 7.84. The van der Waals surface area contributed by atoms with E-state index in [9.17, 15) is 9.90 Å². The summed E-state index contributed by atoms with van der Waals surface area (Å²) in [7, 11) is 3.71. The zero-order valence-electron chi connectivity index (χ0n) is 21.8. The third kappa shape index (κ3) is 5.37. The molecule has 3 aromatic carbocycles. The first kappa shape index (κ1) is 26.5. The number of piperazine rings is 1. The number of aliphatic imine (C=N–C) groups is 1. The summed E-state index contributed by atoms with van der Waals surface area (Å²) >= 11 is 3.56. The highest BCUT2D eigenvalue weighted by Gasteiger charge is 2.44. The number of rotatable bonds is 6. The molecule has 1 saturated heterocycles. The Morgan fingerprint density at radius 1 is 1.00 bits per heavy atom. The summed E-state index contributed by atoms with van der Waals surface area (Å²) in [5.41, 5.74) is 4.03. The van der Waals surface area contributed by atoms with E-state index in [1.165, 1.54) is 5.46 Å². The lowest BCUT2D eigenvalue weighted by Crippen LogP contribution is -2.54. The van der Waals surface area contributed by atoms with E-state index in [0.717, 1.165) is 34.3 Å². The number of aliphatic hydroxyl groups is 1. The summed E-state index contributed by atoms with van der Waals surface area (Å²) in [6, 6.07) is 23.6. The Labute approximate surface area is 233 Å². The Bertz CT molecular complexity index is 1290. The second kappa shape index (κ2) is 11.7. The molecule has 196 valence electrons. The van der Waals surface area contributed by atoms with Gasteiger partial charge in [-0.2, -0.15) is 0 Å². The summed E-state index contributed by atoms with van der Waals surface area (Å²) in [5, 5.41) is 9.35. The average molecular weight is 575 g/mol. The molecule has 0 aliphatic carbocycles. The highest BCUT2D eigenvalue weighted by atomic mass is 79.9. The van der Waals surface area contributed by atoms with Crippen LogP contribution in [0, 0.1) is 0 Å². The van der Waals surface area contributed by atoms with Crippen LogP contribution in [0.5, 0.6) is 5.75 Å². The number of nitrogens with zero attached hydrogens (tertiary/aromatic N) is 4. The summed E-state index contributed by atoms with van der Waals surface area (Å²) in [5.74, 6) is 1.29. The molecular formula is C29H32BBrN4O3. The van der Waals surface area contributed by atoms with Gasteiger partial charge in [0.25, 0.3) is 0 Å². The van der Waals surface area contributed by atoms with Gasteiger partial charge in [0.2, 0.25) is 0 Å². The number of hydrogen-bond acceptors (Lipinski definition) is 5. The number of aliphatic hydroxyl groups excluding tert-OH is 1. The topological polar surface area (TPSA) is 68.6 Å². The van der Waals surface area contributed by atoms with Gasteiger partial charge in [-0.05, 0) is 35.4 Å². The highest BCUT2D eigenvalue weighted by Crippen LogP contribution is 2.45. The number of β-amino-alcohol motifs (C(OH)–C–C–N with tert-alkyl or cyclic N) is 1. The molecule has 1 N–H and O–H groups in total. The van der Waals surface area contributed by atoms with Crippen LogP contribution < -0.4 is 10.2 Å². The Morgan fingerprint density at radius 2 is 1.66 bits per heavy atom. The summed E-state index contributed by atoms with van der Waals surface area (Å²) in [6.07, 6.45) is 0. The minimum absolute atomic E-state index is 0.0687. The largest absolute Gasteiger partial charge is 0.496 e. The molecule has 2 aliphatic rings. The maximum Gasteiger partial charge on any atom is 0.326 e. The number of amidine groups is 1. The van der Waals surface area contributed by atoms with Crippen LogP contribution in [0.1, 0.15) is 28.8 Å². The lowest BCUT2D eigenvalue weighted by molar-refractivity contribution is 0.108. The summed E-state index contributed by atoms with van der Waals surface area (Å²) in [4.78, 5) is 25.6. The van der Waals surface area contributed by atoms with Crippen molar-refractivity contribution in [3.63, 3.8) is 0 Å². The van der Waals surface area contributed by atoms with Crippen LogP contribution in [0.15, 0.2) is 82.3 Å². The van der Waals surface area contributed by atoms with Crippen molar-refractivity contribution in [3.8, 4) is 5.75 Å². The van der Waals surface area contributed by atoms with Crippen LogP contribution >= 0.6 is 15.9 Å². The Hall–Kier alpha value is -3.14. The van der Waals surface area contributed by atoms with Gasteiger partial charge in [-0.3, -0.25) is 14.8 Å². The van der Waals surface area contributed by atoms with E-state index in [0.29, 0.717) is 31.2 Å². The van der Waals surface area contributed by atoms with Crippen molar-refractivity contribution < 1.29 is 14.6 Å². The van der Waals surface area contributed by atoms with Gasteiger partial charge < -0.3 is 14.7 Å². The van der Waals surface area contributed by atoms with Gasteiger partial charge in [-0.25, -0.2) is 4.79 Å². The van der Waals surface area contributed by atoms with E-state index >= 15 is 0 Å². The third-order valence-electron chi connectivity index (χ3n) is 7.31. The molecule has 38 heavy (non-hydrogen) atoms. The number of benzene rings is 3. The fourth-order valence-corrected chi connectivity index (χ4v) is 5.51. The summed E-state index contributed by atoms with van der Waals surface area (Å²) in [6.45, 7) is 3.38. The monoisotopic (exact) mass is 574 g/mol. The lowest BCUT2D eigenvalue weighted by atomic mass is 9.90. The molecule has 0 bridgehead atoms. The molecule has 2 heterocycles. The van der Waals surface area contributed by atoms with Gasteiger partial charge in [0.05, 0.1) is 25.3 Å². The fraction of sp³-hybridized carbons (Fsp3) is 0.310. The van der Waals surface area contributed by atoms with Gasteiger partial charge in [0.15, 0.2) is 0 Å². The smallest absolute Gasteiger partial charge is 0.326 e. The summed E-state index contributed by atoms with van der Waals surface area (Å²) < 4.78 is 6.70. The first-order valence-corrected chi connectivity index (χ1v) is 13.7. The van der Waals surface area contributed by atoms with Crippen LogP contribution in [0.25, 0.3) is 0 Å². The molecule has 7 nitrogen and oxygen atoms in total. The van der Waals surface area contributed by atoms with Crippen molar-refractivity contribution in [1.29, 1.82) is 0 Å². The predicted octanol–water partition coefficient (Wildman–Crippen LogP) is 2.99. The normalized spacial score (nSPS) is 19.9. The van der Waals surface area contributed by atoms with Gasteiger partial charge >= 0.3 is 6.03 Å². The van der Waals surface area contributed by atoms with Crippen molar-refractivity contribution in [2.75, 3.05) is 46.4 Å². The van der Waals surface area contributed by atoms with Gasteiger partial charge in [0.1, 0.15) is 25.5 Å². The molecule has 0 saturated carbocycles. The van der Waals surface area contributed by atoms with Crippen LogP contribution in [0.4, 0.5) is 4.79 Å². The number of methoxy groups -OCH3 is 1. The maximum absolute atomic E-state index is 14.4. The van der Waals surface area contributed by atoms with E-state index in [2.05, 4.69) is 65.1 Å². The number of urea groups is 1. The first-order chi connectivity index (χ1) is 18.5. The van der Waals surface area contributed by atoms with E-state index < -0.39 is 0 Å². The van der Waals surface area contributed by atoms with E-state index in [4.69, 9.17) is 9.73 Å². The molecule has 2 amide bonds. The molecule has 3 aromatic rings. The van der Waals surface area contributed by atoms with Crippen LogP contribution in [0.2, 0.25) is 0 Å². The van der Waals surface area contributed by atoms with Crippen LogP contribution in [-0.4, -0.2) is 86.0 Å². The molecule has 9 heteroatoms. The second-order valence-electron chi connectivity index (χ2n) is 9.71. The van der Waals surface area contributed by atoms with E-state index in [-0.39, 0.29) is 24.7 Å². The number of amides is 2. The number of hydrogen-bond donors (Lipinski definition) is 1. The van der Waals surface area contributed by atoms with Crippen molar-refractivity contribution in [3.05, 3.63) is 94.0 Å². The Kier molecular flexibility index (Phi) is 8.16. The van der Waals surface area contributed by atoms with Gasteiger partial charge in [0, 0.05) is 37.2 Å². The first-order valence-electron chi connectivity index (χ1n) is 12.9. The van der Waals surface area contributed by atoms with Crippen molar-refractivity contribution in [2.24, 2.45) is 4.99 Å². The predicted molar refractivity (Wildman–Crippen MR) is 156 cm³/mol. The Morgan fingerprint density at radius 3 is 2.32 bits per heavy atom. The molecular weight excluding hydrogens is 543 g/mol. The maximum atomic E-state index is 14.4. The van der Waals surface area contributed by atoms with Crippen molar-refractivity contribution >= 4 is 41.1 Å². The molecule has 2 aliphatic heterocycles. The zero-order chi connectivity index (χ0) is 26.6. The number of ether oxygens (including phenoxy) is 1. The van der Waals surface area contributed by atoms with Crippen LogP contribution in [-0.2, 0) is 0 Å². The number of halogens is 1. The highest BCUT2D eigenvalue weighted by molar-refractivity contribution is 9.10. The fourth-order valence-electron chi connectivity index (χ4n) is 5.24. The number of para-hydroxylation sites is 1. The lowest BCUT2D eigenvalue weighted by Gasteiger charge is -2.39. The number of carbonyl (C=O) groups excluding carboxylic acids is 1. The molecule has 0 radical (unpaired) electrons. The van der Waals surface area contributed by atoms with Gasteiger partial charge in [-0.1, -0.05) is 69.9 Å². The quantitative estimate of drug-likeness (QED) is 0.460. The molecule has 0 spiro atoms. The van der Waals surface area contributed by atoms with E-state index in [1.54, 1.807) is 7.11 Å². The Balaban J connectivity index is 1.61. The molecule has 1 fully saturated rings. The number of carbonyl (C=O) groups is 1. The van der Waals surface area contributed by atoms with Crippen molar-refractivity contribution in [1.82, 2.24) is 14.7 Å². The van der Waals surface area contributed by atoms with E-state index in [1.807, 2.05) is 46.2 Å². The second-order valence-corrected chi connectivity index (χ2v) is 10.6. The van der Waals surface area contributed by atoms with Crippen molar-refractivity contribution in [2.45, 2.75) is 12.1 Å². The molecule has 0 unspecified atom stereocenters. The molecule has 0 aromatic heterocycles. The van der Waals surface area contributed by atoms with Crippen LogP contribution in [0.3, 0.4) is 0 Å². The molecule has 5 rings (SSSR count). The average Bonchev–Trinajstić information content (AvgIpc) is 3.34. The molecule has 2 atom stereocenters. The standard InChI is InChI=1S/C29H32BBrN4O3/c1-38-25-5-3-2-4-24(25)28-32-26(20-6-10-22(30)11-7-20)27(21-8-12-23(31)13-9-21)35(28)29(37)34-16-14-33(15-17-34)18-19-36/h2-13,26-27,36H,14-19,30H2,1H3/t26-,27+/m1/s1. The zero-order valence-corrected chi connectivity index (χ0v) is 23.3. The minimum Gasteiger partial charge on any atom is -0.496 e. The minimum atomic E-state index is -0.325.